The van der Waals surface area contributed by atoms with Crippen LogP contribution in [0.25, 0.3) is 0 Å². The molecule has 1 saturated carbocycles. The monoisotopic (exact) mass is 229 g/mol. The zero-order chi connectivity index (χ0) is 11.4. The third-order valence-electron chi connectivity index (χ3n) is 2.29. The number of hydrogen-bond donors (Lipinski definition) is 1. The van der Waals surface area contributed by atoms with Crippen LogP contribution < -0.4 is 10.2 Å². The van der Waals surface area contributed by atoms with Crippen LogP contribution in [-0.4, -0.2) is 13.2 Å². The van der Waals surface area contributed by atoms with Gasteiger partial charge in [-0.2, -0.15) is 8.78 Å². The van der Waals surface area contributed by atoms with Crippen LogP contribution in [0.1, 0.15) is 12.8 Å². The van der Waals surface area contributed by atoms with E-state index in [1.54, 1.807) is 12.1 Å². The van der Waals surface area contributed by atoms with E-state index < -0.39 is 6.61 Å². The molecular weight excluding hydrogens is 216 g/mol. The van der Waals surface area contributed by atoms with Gasteiger partial charge in [-0.3, -0.25) is 10.3 Å². The predicted molar refractivity (Wildman–Crippen MR) is 55.4 cm³/mol. The number of rotatable bonds is 6. The van der Waals surface area contributed by atoms with Crippen molar-refractivity contribution in [2.45, 2.75) is 19.5 Å². The molecule has 88 valence electrons. The number of anilines is 1. The molecule has 0 atom stereocenters. The minimum atomic E-state index is -2.79. The van der Waals surface area contributed by atoms with Crippen molar-refractivity contribution in [1.82, 2.24) is 0 Å². The van der Waals surface area contributed by atoms with Gasteiger partial charge < -0.3 is 4.74 Å². The molecule has 0 heterocycles. The Morgan fingerprint density at radius 1 is 1.25 bits per heavy atom. The molecule has 1 aliphatic carbocycles. The summed E-state index contributed by atoms with van der Waals surface area (Å²) in [4.78, 5) is 5.23. The molecule has 0 saturated heterocycles. The van der Waals surface area contributed by atoms with Gasteiger partial charge in [-0.25, -0.2) is 0 Å². The molecule has 0 spiro atoms. The second-order valence-electron chi connectivity index (χ2n) is 3.76. The standard InChI is InChI=1S/C11H13F2NO2/c12-11(13)16-10-5-3-9(4-6-10)14-15-7-8-1-2-8/h3-6,8,11,14H,1-2,7H2. The van der Waals surface area contributed by atoms with Crippen LogP contribution in [0.3, 0.4) is 0 Å². The molecule has 1 fully saturated rings. The van der Waals surface area contributed by atoms with E-state index >= 15 is 0 Å². The molecule has 1 aliphatic rings. The van der Waals surface area contributed by atoms with Crippen LogP contribution in [0, 0.1) is 5.92 Å². The average molecular weight is 229 g/mol. The SMILES string of the molecule is FC(F)Oc1ccc(NOCC2CC2)cc1. The van der Waals surface area contributed by atoms with Gasteiger partial charge in [-0.1, -0.05) is 0 Å². The third kappa shape index (κ3) is 3.66. The van der Waals surface area contributed by atoms with E-state index in [4.69, 9.17) is 4.84 Å². The molecule has 0 aliphatic heterocycles. The van der Waals surface area contributed by atoms with Crippen LogP contribution in [-0.2, 0) is 4.84 Å². The minimum absolute atomic E-state index is 0.141. The summed E-state index contributed by atoms with van der Waals surface area (Å²) in [6, 6.07) is 6.19. The fourth-order valence-electron chi connectivity index (χ4n) is 1.23. The number of benzene rings is 1. The molecule has 0 aromatic heterocycles. The Morgan fingerprint density at radius 2 is 1.94 bits per heavy atom. The fraction of sp³-hybridized carbons (Fsp3) is 0.455. The molecule has 3 nitrogen and oxygen atoms in total. The average Bonchev–Trinajstić information content (AvgIpc) is 3.04. The van der Waals surface area contributed by atoms with E-state index in [0.29, 0.717) is 12.5 Å². The van der Waals surface area contributed by atoms with Gasteiger partial charge in [0.25, 0.3) is 0 Å². The van der Waals surface area contributed by atoms with Crippen molar-refractivity contribution in [3.05, 3.63) is 24.3 Å². The fourth-order valence-corrected chi connectivity index (χ4v) is 1.23. The maximum atomic E-state index is 11.9. The Morgan fingerprint density at radius 3 is 2.50 bits per heavy atom. The van der Waals surface area contributed by atoms with E-state index in [0.717, 1.165) is 5.69 Å². The summed E-state index contributed by atoms with van der Waals surface area (Å²) in [5, 5.41) is 0. The van der Waals surface area contributed by atoms with Gasteiger partial charge in [0, 0.05) is 0 Å². The second-order valence-corrected chi connectivity index (χ2v) is 3.76. The summed E-state index contributed by atoms with van der Waals surface area (Å²) in [6.07, 6.45) is 2.45. The maximum Gasteiger partial charge on any atom is 0.387 e. The van der Waals surface area contributed by atoms with Crippen molar-refractivity contribution in [3.8, 4) is 5.75 Å². The summed E-state index contributed by atoms with van der Waals surface area (Å²) in [7, 11) is 0. The quantitative estimate of drug-likeness (QED) is 0.760. The molecule has 0 bridgehead atoms. The first-order valence-corrected chi connectivity index (χ1v) is 5.17. The van der Waals surface area contributed by atoms with E-state index in [9.17, 15) is 8.78 Å². The van der Waals surface area contributed by atoms with Crippen molar-refractivity contribution >= 4 is 5.69 Å². The van der Waals surface area contributed by atoms with Crippen LogP contribution >= 0.6 is 0 Å². The molecule has 1 aromatic carbocycles. The molecule has 0 amide bonds. The van der Waals surface area contributed by atoms with E-state index in [1.807, 2.05) is 0 Å². The van der Waals surface area contributed by atoms with Gasteiger partial charge in [0.05, 0.1) is 12.3 Å². The van der Waals surface area contributed by atoms with Gasteiger partial charge in [0.2, 0.25) is 0 Å². The highest BCUT2D eigenvalue weighted by Gasteiger charge is 2.21. The highest BCUT2D eigenvalue weighted by molar-refractivity contribution is 5.44. The van der Waals surface area contributed by atoms with E-state index in [2.05, 4.69) is 10.2 Å². The third-order valence-corrected chi connectivity index (χ3v) is 2.29. The van der Waals surface area contributed by atoms with E-state index in [-0.39, 0.29) is 5.75 Å². The molecule has 1 N–H and O–H groups in total. The highest BCUT2D eigenvalue weighted by atomic mass is 19.3. The van der Waals surface area contributed by atoms with Crippen molar-refractivity contribution in [1.29, 1.82) is 0 Å². The Kier molecular flexibility index (Phi) is 3.56. The molecule has 0 unspecified atom stereocenters. The number of halogens is 2. The first kappa shape index (κ1) is 11.1. The van der Waals surface area contributed by atoms with Gasteiger partial charge in [-0.05, 0) is 43.0 Å². The molecule has 5 heteroatoms. The summed E-state index contributed by atoms with van der Waals surface area (Å²) in [6.45, 7) is -2.10. The second kappa shape index (κ2) is 5.12. The van der Waals surface area contributed by atoms with Crippen LogP contribution in [0.2, 0.25) is 0 Å². The Bertz CT molecular complexity index is 325. The topological polar surface area (TPSA) is 30.5 Å². The molecule has 2 rings (SSSR count). The Balaban J connectivity index is 1.76. The van der Waals surface area contributed by atoms with Crippen LogP contribution in [0.4, 0.5) is 14.5 Å². The van der Waals surface area contributed by atoms with Crippen molar-refractivity contribution in [3.63, 3.8) is 0 Å². The summed E-state index contributed by atoms with van der Waals surface area (Å²) >= 11 is 0. The Hall–Kier alpha value is -1.36. The smallest absolute Gasteiger partial charge is 0.387 e. The molecule has 0 radical (unpaired) electrons. The molecule has 16 heavy (non-hydrogen) atoms. The van der Waals surface area contributed by atoms with Gasteiger partial charge in [0.15, 0.2) is 0 Å². The molecule has 1 aromatic rings. The summed E-state index contributed by atoms with van der Waals surface area (Å²) in [5.74, 6) is 0.816. The Labute approximate surface area is 92.3 Å². The maximum absolute atomic E-state index is 11.9. The van der Waals surface area contributed by atoms with Crippen molar-refractivity contribution in [2.75, 3.05) is 12.1 Å². The van der Waals surface area contributed by atoms with E-state index in [1.165, 1.54) is 25.0 Å². The number of ether oxygens (including phenoxy) is 1. The normalized spacial score (nSPS) is 15.2. The first-order valence-electron chi connectivity index (χ1n) is 5.17. The largest absolute Gasteiger partial charge is 0.435 e. The van der Waals surface area contributed by atoms with Crippen LogP contribution in [0.15, 0.2) is 24.3 Å². The number of nitrogens with one attached hydrogen (secondary N) is 1. The first-order chi connectivity index (χ1) is 7.74. The number of alkyl halides is 2. The van der Waals surface area contributed by atoms with Crippen molar-refractivity contribution in [2.24, 2.45) is 5.92 Å². The summed E-state index contributed by atoms with van der Waals surface area (Å²) in [5.41, 5.74) is 3.48. The lowest BCUT2D eigenvalue weighted by atomic mass is 10.3. The summed E-state index contributed by atoms with van der Waals surface area (Å²) < 4.78 is 27.9. The lowest BCUT2D eigenvalue weighted by Crippen LogP contribution is -2.04. The van der Waals surface area contributed by atoms with Crippen molar-refractivity contribution < 1.29 is 18.4 Å². The van der Waals surface area contributed by atoms with Crippen LogP contribution in [0.5, 0.6) is 5.75 Å². The highest BCUT2D eigenvalue weighted by Crippen LogP contribution is 2.28. The number of hydrogen-bond acceptors (Lipinski definition) is 3. The minimum Gasteiger partial charge on any atom is -0.435 e. The lowest BCUT2D eigenvalue weighted by Gasteiger charge is -2.08. The van der Waals surface area contributed by atoms with Gasteiger partial charge >= 0.3 is 6.61 Å². The zero-order valence-electron chi connectivity index (χ0n) is 8.66. The van der Waals surface area contributed by atoms with Gasteiger partial charge in [0.1, 0.15) is 5.75 Å². The van der Waals surface area contributed by atoms with Gasteiger partial charge in [-0.15, -0.1) is 0 Å². The lowest BCUT2D eigenvalue weighted by molar-refractivity contribution is -0.0498. The zero-order valence-corrected chi connectivity index (χ0v) is 8.66. The predicted octanol–water partition coefficient (Wildman–Crippen LogP) is 3.04. The molecular formula is C11H13F2NO2.